The third-order valence-corrected chi connectivity index (χ3v) is 2.75. The topological polar surface area (TPSA) is 18.5 Å². The molecule has 0 atom stereocenters. The molecule has 2 aromatic carbocycles. The number of unbranched alkanes of at least 4 members (excludes halogenated alkanes) is 1. The lowest BCUT2D eigenvalue weighted by Gasteiger charge is -2.09. The molecular weight excluding hydrogens is 212 g/mol. The van der Waals surface area contributed by atoms with E-state index in [4.69, 9.17) is 9.47 Å². The van der Waals surface area contributed by atoms with Crippen LogP contribution < -0.4 is 4.74 Å². The first-order valence-electron chi connectivity index (χ1n) is 6.01. The maximum atomic E-state index is 5.81. The van der Waals surface area contributed by atoms with Gasteiger partial charge >= 0.3 is 0 Å². The van der Waals surface area contributed by atoms with E-state index in [-0.39, 0.29) is 0 Å². The van der Waals surface area contributed by atoms with Crippen LogP contribution in [0, 0.1) is 0 Å². The van der Waals surface area contributed by atoms with Crippen LogP contribution in [0.25, 0.3) is 10.8 Å². The minimum absolute atomic E-state index is 0.747. The van der Waals surface area contributed by atoms with Crippen LogP contribution in [0.3, 0.4) is 0 Å². The molecule has 2 aromatic rings. The zero-order valence-electron chi connectivity index (χ0n) is 10.2. The first-order valence-corrected chi connectivity index (χ1v) is 6.01. The highest BCUT2D eigenvalue weighted by atomic mass is 16.5. The fraction of sp³-hybridized carbons (Fsp3) is 0.333. The van der Waals surface area contributed by atoms with E-state index < -0.39 is 0 Å². The summed E-state index contributed by atoms with van der Waals surface area (Å²) in [6.07, 6.45) is 2.07. The quantitative estimate of drug-likeness (QED) is 0.705. The molecule has 0 N–H and O–H groups in total. The predicted molar refractivity (Wildman–Crippen MR) is 70.6 cm³/mol. The van der Waals surface area contributed by atoms with Gasteiger partial charge in [0.05, 0.1) is 6.61 Å². The van der Waals surface area contributed by atoms with Crippen LogP contribution in [-0.2, 0) is 4.74 Å². The van der Waals surface area contributed by atoms with Crippen molar-refractivity contribution < 1.29 is 9.47 Å². The van der Waals surface area contributed by atoms with Crippen LogP contribution in [0.4, 0.5) is 0 Å². The highest BCUT2D eigenvalue weighted by molar-refractivity contribution is 5.88. The van der Waals surface area contributed by atoms with Gasteiger partial charge in [-0.1, -0.05) is 36.4 Å². The van der Waals surface area contributed by atoms with Gasteiger partial charge in [-0.25, -0.2) is 0 Å². The fourth-order valence-electron chi connectivity index (χ4n) is 1.85. The molecule has 0 amide bonds. The summed E-state index contributed by atoms with van der Waals surface area (Å²) in [5.41, 5.74) is 0. The average molecular weight is 230 g/mol. The Balaban J connectivity index is 1.98. The lowest BCUT2D eigenvalue weighted by Crippen LogP contribution is -1.99. The maximum absolute atomic E-state index is 5.81. The van der Waals surface area contributed by atoms with Gasteiger partial charge in [-0.15, -0.1) is 0 Å². The van der Waals surface area contributed by atoms with Gasteiger partial charge in [0.15, 0.2) is 0 Å². The Hall–Kier alpha value is -1.54. The molecule has 0 aromatic heterocycles. The number of benzene rings is 2. The lowest BCUT2D eigenvalue weighted by molar-refractivity contribution is 0.184. The SMILES string of the molecule is COCCCCOc1cccc2ccccc12. The van der Waals surface area contributed by atoms with Gasteiger partial charge in [-0.3, -0.25) is 0 Å². The van der Waals surface area contributed by atoms with Crippen molar-refractivity contribution in [3.8, 4) is 5.75 Å². The van der Waals surface area contributed by atoms with E-state index in [1.54, 1.807) is 7.11 Å². The van der Waals surface area contributed by atoms with Crippen LogP contribution in [-0.4, -0.2) is 20.3 Å². The third kappa shape index (κ3) is 3.21. The second kappa shape index (κ2) is 6.26. The number of fused-ring (bicyclic) bond motifs is 1. The highest BCUT2D eigenvalue weighted by Gasteiger charge is 2.00. The van der Waals surface area contributed by atoms with E-state index in [0.717, 1.165) is 31.8 Å². The predicted octanol–water partition coefficient (Wildman–Crippen LogP) is 3.65. The number of methoxy groups -OCH3 is 1. The molecule has 2 nitrogen and oxygen atoms in total. The Kier molecular flexibility index (Phi) is 4.39. The van der Waals surface area contributed by atoms with Crippen molar-refractivity contribution in [1.29, 1.82) is 0 Å². The summed E-state index contributed by atoms with van der Waals surface area (Å²) in [6, 6.07) is 14.5. The summed E-state index contributed by atoms with van der Waals surface area (Å²) in [4.78, 5) is 0. The minimum Gasteiger partial charge on any atom is -0.493 e. The van der Waals surface area contributed by atoms with Crippen molar-refractivity contribution in [2.24, 2.45) is 0 Å². The first-order chi connectivity index (χ1) is 8.42. The van der Waals surface area contributed by atoms with Crippen molar-refractivity contribution >= 4 is 10.8 Å². The van der Waals surface area contributed by atoms with Gasteiger partial charge < -0.3 is 9.47 Å². The van der Waals surface area contributed by atoms with E-state index >= 15 is 0 Å². The summed E-state index contributed by atoms with van der Waals surface area (Å²) in [7, 11) is 1.73. The van der Waals surface area contributed by atoms with Gasteiger partial charge in [0.1, 0.15) is 5.75 Å². The largest absolute Gasteiger partial charge is 0.493 e. The molecule has 2 heteroatoms. The van der Waals surface area contributed by atoms with Gasteiger partial charge in [-0.2, -0.15) is 0 Å². The van der Waals surface area contributed by atoms with Crippen LogP contribution in [0.1, 0.15) is 12.8 Å². The zero-order valence-corrected chi connectivity index (χ0v) is 10.2. The van der Waals surface area contributed by atoms with Gasteiger partial charge in [-0.05, 0) is 24.3 Å². The van der Waals surface area contributed by atoms with Crippen LogP contribution >= 0.6 is 0 Å². The van der Waals surface area contributed by atoms with Crippen LogP contribution in [0.5, 0.6) is 5.75 Å². The average Bonchev–Trinajstić information content (AvgIpc) is 2.39. The molecule has 0 aliphatic heterocycles. The van der Waals surface area contributed by atoms with Crippen molar-refractivity contribution in [1.82, 2.24) is 0 Å². The van der Waals surface area contributed by atoms with Crippen LogP contribution in [0.2, 0.25) is 0 Å². The van der Waals surface area contributed by atoms with E-state index in [1.807, 2.05) is 24.3 Å². The molecule has 17 heavy (non-hydrogen) atoms. The number of hydrogen-bond acceptors (Lipinski definition) is 2. The molecule has 0 saturated heterocycles. The first kappa shape index (κ1) is 11.9. The molecule has 0 unspecified atom stereocenters. The number of hydrogen-bond donors (Lipinski definition) is 0. The Bertz CT molecular complexity index is 460. The summed E-state index contributed by atoms with van der Waals surface area (Å²) < 4.78 is 10.8. The second-order valence-corrected chi connectivity index (χ2v) is 4.03. The van der Waals surface area contributed by atoms with Crippen molar-refractivity contribution in [3.05, 3.63) is 42.5 Å². The molecule has 0 fully saturated rings. The monoisotopic (exact) mass is 230 g/mol. The standard InChI is InChI=1S/C15H18O2/c1-16-11-4-5-12-17-15-10-6-8-13-7-2-3-9-14(13)15/h2-3,6-10H,4-5,11-12H2,1H3. The van der Waals surface area contributed by atoms with Crippen LogP contribution in [0.15, 0.2) is 42.5 Å². The molecule has 0 saturated carbocycles. The number of rotatable bonds is 6. The van der Waals surface area contributed by atoms with E-state index in [2.05, 4.69) is 18.2 Å². The minimum atomic E-state index is 0.747. The molecule has 0 heterocycles. The smallest absolute Gasteiger partial charge is 0.127 e. The van der Waals surface area contributed by atoms with Crippen molar-refractivity contribution in [2.75, 3.05) is 20.3 Å². The second-order valence-electron chi connectivity index (χ2n) is 4.03. The fourth-order valence-corrected chi connectivity index (χ4v) is 1.85. The molecule has 0 aliphatic rings. The van der Waals surface area contributed by atoms with Gasteiger partial charge in [0, 0.05) is 19.1 Å². The molecule has 0 radical (unpaired) electrons. The van der Waals surface area contributed by atoms with Crippen molar-refractivity contribution in [2.45, 2.75) is 12.8 Å². The Morgan fingerprint density at radius 2 is 1.65 bits per heavy atom. The molecule has 0 bridgehead atoms. The molecular formula is C15H18O2. The van der Waals surface area contributed by atoms with E-state index in [1.165, 1.54) is 10.8 Å². The number of ether oxygens (including phenoxy) is 2. The Labute approximate surface area is 102 Å². The summed E-state index contributed by atoms with van der Waals surface area (Å²) >= 11 is 0. The Morgan fingerprint density at radius 3 is 2.53 bits per heavy atom. The summed E-state index contributed by atoms with van der Waals surface area (Å²) in [6.45, 7) is 1.55. The highest BCUT2D eigenvalue weighted by Crippen LogP contribution is 2.25. The lowest BCUT2D eigenvalue weighted by atomic mass is 10.1. The summed E-state index contributed by atoms with van der Waals surface area (Å²) in [5, 5.41) is 2.41. The summed E-state index contributed by atoms with van der Waals surface area (Å²) in [5.74, 6) is 0.973. The molecule has 90 valence electrons. The molecule has 0 aliphatic carbocycles. The molecule has 0 spiro atoms. The van der Waals surface area contributed by atoms with Crippen molar-refractivity contribution in [3.63, 3.8) is 0 Å². The third-order valence-electron chi connectivity index (χ3n) is 2.75. The zero-order chi connectivity index (χ0) is 11.9. The normalized spacial score (nSPS) is 10.6. The van der Waals surface area contributed by atoms with E-state index in [9.17, 15) is 0 Å². The Morgan fingerprint density at radius 1 is 0.882 bits per heavy atom. The van der Waals surface area contributed by atoms with Gasteiger partial charge in [0.25, 0.3) is 0 Å². The van der Waals surface area contributed by atoms with Gasteiger partial charge in [0.2, 0.25) is 0 Å². The van der Waals surface area contributed by atoms with E-state index in [0.29, 0.717) is 0 Å². The molecule has 2 rings (SSSR count). The maximum Gasteiger partial charge on any atom is 0.127 e.